The molecule has 0 saturated heterocycles. The van der Waals surface area contributed by atoms with Crippen LogP contribution in [0.4, 0.5) is 5.13 Å². The number of carbonyl (C=O) groups excluding carboxylic acids is 1. The average Bonchev–Trinajstić information content (AvgIpc) is 3.21. The van der Waals surface area contributed by atoms with Gasteiger partial charge in [-0.05, 0) is 43.3 Å². The number of nitriles is 1. The largest absolute Gasteiger partial charge is 0.496 e. The molecule has 160 valence electrons. The van der Waals surface area contributed by atoms with Gasteiger partial charge in [-0.15, -0.1) is 11.3 Å². The number of hydrogen-bond acceptors (Lipinski definition) is 7. The van der Waals surface area contributed by atoms with E-state index in [4.69, 9.17) is 10.00 Å². The van der Waals surface area contributed by atoms with Crippen LogP contribution in [0.1, 0.15) is 11.1 Å². The van der Waals surface area contributed by atoms with Gasteiger partial charge in [-0.3, -0.25) is 4.79 Å². The van der Waals surface area contributed by atoms with Gasteiger partial charge in [-0.1, -0.05) is 11.6 Å². The molecule has 0 spiro atoms. The molecule has 0 aliphatic heterocycles. The highest BCUT2D eigenvalue weighted by Crippen LogP contribution is 2.33. The fourth-order valence-corrected chi connectivity index (χ4v) is 4.66. The normalized spacial score (nSPS) is 11.2. The molecule has 0 atom stereocenters. The minimum atomic E-state index is -3.87. The van der Waals surface area contributed by atoms with Crippen molar-refractivity contribution in [3.05, 3.63) is 59.0 Å². The van der Waals surface area contributed by atoms with E-state index in [0.29, 0.717) is 22.1 Å². The summed E-state index contributed by atoms with van der Waals surface area (Å²) in [4.78, 5) is 16.8. The van der Waals surface area contributed by atoms with E-state index in [1.807, 2.05) is 31.2 Å². The van der Waals surface area contributed by atoms with E-state index in [1.165, 1.54) is 42.6 Å². The highest BCUT2D eigenvalue weighted by atomic mass is 32.2. The van der Waals surface area contributed by atoms with Crippen molar-refractivity contribution in [2.24, 2.45) is 0 Å². The molecule has 1 amide bonds. The second-order valence-corrected chi connectivity index (χ2v) is 9.59. The quantitative estimate of drug-likeness (QED) is 0.584. The van der Waals surface area contributed by atoms with Crippen LogP contribution >= 0.6 is 11.3 Å². The lowest BCUT2D eigenvalue weighted by Gasteiger charge is -2.16. The van der Waals surface area contributed by atoms with E-state index in [2.05, 4.69) is 10.3 Å². The first kappa shape index (κ1) is 22.4. The molecule has 8 nitrogen and oxygen atoms in total. The van der Waals surface area contributed by atoms with Crippen molar-refractivity contribution in [2.75, 3.05) is 26.0 Å². The molecule has 10 heteroatoms. The van der Waals surface area contributed by atoms with Crippen molar-refractivity contribution < 1.29 is 17.9 Å². The van der Waals surface area contributed by atoms with Crippen molar-refractivity contribution in [2.45, 2.75) is 11.8 Å². The number of anilines is 1. The predicted octanol–water partition coefficient (Wildman–Crippen LogP) is 3.26. The number of methoxy groups -OCH3 is 1. The minimum absolute atomic E-state index is 0.00452. The van der Waals surface area contributed by atoms with Gasteiger partial charge in [0.2, 0.25) is 15.9 Å². The van der Waals surface area contributed by atoms with Crippen molar-refractivity contribution in [1.82, 2.24) is 9.29 Å². The summed E-state index contributed by atoms with van der Waals surface area (Å²) in [6.45, 7) is 1.58. The lowest BCUT2D eigenvalue weighted by Crippen LogP contribution is -2.34. The summed E-state index contributed by atoms with van der Waals surface area (Å²) in [5, 5.41) is 13.6. The number of nitrogens with one attached hydrogen (secondary N) is 1. The number of amides is 1. The molecule has 0 unspecified atom stereocenters. The molecule has 0 saturated carbocycles. The summed E-state index contributed by atoms with van der Waals surface area (Å²) in [5.74, 6) is 0.152. The Kier molecular flexibility index (Phi) is 6.70. The summed E-state index contributed by atoms with van der Waals surface area (Å²) in [6.07, 6.45) is 0. The molecule has 31 heavy (non-hydrogen) atoms. The van der Waals surface area contributed by atoms with Crippen molar-refractivity contribution in [1.29, 1.82) is 5.26 Å². The molecule has 2 aromatic carbocycles. The Morgan fingerprint density at radius 2 is 1.97 bits per heavy atom. The smallest absolute Gasteiger partial charge is 0.243 e. The van der Waals surface area contributed by atoms with Crippen molar-refractivity contribution >= 4 is 32.4 Å². The molecule has 0 bridgehead atoms. The van der Waals surface area contributed by atoms with Gasteiger partial charge in [-0.2, -0.15) is 9.57 Å². The van der Waals surface area contributed by atoms with E-state index in [-0.39, 0.29) is 11.4 Å². The Hall–Kier alpha value is -3.26. The second kappa shape index (κ2) is 9.26. The number of likely N-dealkylation sites (N-methyl/N-ethyl adjacent to an activating group) is 1. The maximum absolute atomic E-state index is 12.6. The van der Waals surface area contributed by atoms with Crippen molar-refractivity contribution in [3.63, 3.8) is 0 Å². The van der Waals surface area contributed by atoms with E-state index in [0.717, 1.165) is 15.4 Å². The third kappa shape index (κ3) is 5.08. The van der Waals surface area contributed by atoms with Crippen LogP contribution in [0.5, 0.6) is 5.75 Å². The highest BCUT2D eigenvalue weighted by molar-refractivity contribution is 7.89. The monoisotopic (exact) mass is 456 g/mol. The lowest BCUT2D eigenvalue weighted by atomic mass is 10.1. The zero-order valence-electron chi connectivity index (χ0n) is 17.1. The average molecular weight is 457 g/mol. The number of hydrogen-bond donors (Lipinski definition) is 1. The topological polar surface area (TPSA) is 112 Å². The highest BCUT2D eigenvalue weighted by Gasteiger charge is 2.23. The summed E-state index contributed by atoms with van der Waals surface area (Å²) in [5.41, 5.74) is 2.85. The van der Waals surface area contributed by atoms with Crippen LogP contribution in [0, 0.1) is 18.3 Å². The van der Waals surface area contributed by atoms with Gasteiger partial charge in [0, 0.05) is 18.0 Å². The first-order valence-electron chi connectivity index (χ1n) is 9.11. The number of sulfonamides is 1. The summed E-state index contributed by atoms with van der Waals surface area (Å²) in [6, 6.07) is 13.2. The van der Waals surface area contributed by atoms with Gasteiger partial charge >= 0.3 is 0 Å². The molecule has 0 aliphatic rings. The Morgan fingerprint density at radius 1 is 1.26 bits per heavy atom. The van der Waals surface area contributed by atoms with Gasteiger partial charge in [0.25, 0.3) is 0 Å². The molecular weight excluding hydrogens is 436 g/mol. The predicted molar refractivity (Wildman–Crippen MR) is 118 cm³/mol. The zero-order chi connectivity index (χ0) is 22.6. The van der Waals surface area contributed by atoms with Crippen LogP contribution in [0.3, 0.4) is 0 Å². The molecule has 3 aromatic rings. The number of aromatic nitrogens is 1. The van der Waals surface area contributed by atoms with Gasteiger partial charge in [-0.25, -0.2) is 13.4 Å². The third-order valence-electron chi connectivity index (χ3n) is 4.44. The first-order valence-corrected chi connectivity index (χ1v) is 11.4. The Balaban J connectivity index is 1.70. The van der Waals surface area contributed by atoms with Gasteiger partial charge < -0.3 is 10.1 Å². The number of ether oxygens (including phenoxy) is 1. The Morgan fingerprint density at radius 3 is 2.61 bits per heavy atom. The molecule has 1 aromatic heterocycles. The SMILES string of the molecule is COc1ccc(C)cc1-c1csc(NC(=O)CN(C)S(=O)(=O)c2ccc(C#N)cc2)n1. The van der Waals surface area contributed by atoms with Crippen LogP contribution in [0.25, 0.3) is 11.3 Å². The maximum Gasteiger partial charge on any atom is 0.243 e. The van der Waals surface area contributed by atoms with Crippen LogP contribution in [0.2, 0.25) is 0 Å². The molecule has 0 fully saturated rings. The van der Waals surface area contributed by atoms with Crippen LogP contribution in [0.15, 0.2) is 52.7 Å². The van der Waals surface area contributed by atoms with E-state index < -0.39 is 15.9 Å². The van der Waals surface area contributed by atoms with E-state index >= 15 is 0 Å². The molecule has 1 N–H and O–H groups in total. The molecular formula is C21H20N4O4S2. The third-order valence-corrected chi connectivity index (χ3v) is 7.01. The second-order valence-electron chi connectivity index (χ2n) is 6.69. The number of nitrogens with zero attached hydrogens (tertiary/aromatic N) is 3. The van der Waals surface area contributed by atoms with Crippen LogP contribution < -0.4 is 10.1 Å². The van der Waals surface area contributed by atoms with E-state index in [9.17, 15) is 13.2 Å². The van der Waals surface area contributed by atoms with Crippen molar-refractivity contribution in [3.8, 4) is 23.1 Å². The van der Waals surface area contributed by atoms with Gasteiger partial charge in [0.15, 0.2) is 5.13 Å². The summed E-state index contributed by atoms with van der Waals surface area (Å²) >= 11 is 1.24. The fourth-order valence-electron chi connectivity index (χ4n) is 2.80. The first-order chi connectivity index (χ1) is 14.7. The lowest BCUT2D eigenvalue weighted by molar-refractivity contribution is -0.116. The molecule has 1 heterocycles. The number of aryl methyl sites for hydroxylation is 1. The number of benzene rings is 2. The Labute approximate surface area is 184 Å². The van der Waals surface area contributed by atoms with E-state index in [1.54, 1.807) is 12.5 Å². The number of thiazole rings is 1. The molecule has 0 aliphatic carbocycles. The Bertz CT molecular complexity index is 1250. The van der Waals surface area contributed by atoms with Gasteiger partial charge in [0.1, 0.15) is 5.75 Å². The number of carbonyl (C=O) groups is 1. The standard InChI is InChI=1S/C21H20N4O4S2/c1-14-4-9-19(29-3)17(10-14)18-13-30-21(23-18)24-20(26)12-25(2)31(27,28)16-7-5-15(11-22)6-8-16/h4-10,13H,12H2,1-3H3,(H,23,24,26). The maximum atomic E-state index is 12.6. The fraction of sp³-hybridized carbons (Fsp3) is 0.190. The number of rotatable bonds is 7. The van der Waals surface area contributed by atoms with Crippen LogP contribution in [-0.2, 0) is 14.8 Å². The molecule has 0 radical (unpaired) electrons. The zero-order valence-corrected chi connectivity index (χ0v) is 18.8. The summed E-state index contributed by atoms with van der Waals surface area (Å²) in [7, 11) is -0.979. The summed E-state index contributed by atoms with van der Waals surface area (Å²) < 4.78 is 31.6. The minimum Gasteiger partial charge on any atom is -0.496 e. The molecule has 3 rings (SSSR count). The van der Waals surface area contributed by atoms with Crippen LogP contribution in [-0.4, -0.2) is 44.3 Å². The van der Waals surface area contributed by atoms with Gasteiger partial charge in [0.05, 0.1) is 35.9 Å².